The van der Waals surface area contributed by atoms with Gasteiger partial charge in [0.25, 0.3) is 0 Å². The van der Waals surface area contributed by atoms with Crippen molar-refractivity contribution >= 4 is 27.5 Å². The highest BCUT2D eigenvalue weighted by Crippen LogP contribution is 2.35. The second kappa shape index (κ2) is 7.09. The SMILES string of the molecule is N#Cc1cc(Cl)cc(Oc2c(Br)ccc(Cn3cn[nH]c3=O)c2F)c1. The third-order valence-electron chi connectivity index (χ3n) is 3.31. The van der Waals surface area contributed by atoms with E-state index in [-0.39, 0.29) is 23.6 Å². The van der Waals surface area contributed by atoms with E-state index < -0.39 is 11.5 Å². The van der Waals surface area contributed by atoms with E-state index in [1.54, 1.807) is 6.07 Å². The number of ether oxygens (including phenoxy) is 1. The average Bonchev–Trinajstić information content (AvgIpc) is 2.98. The van der Waals surface area contributed by atoms with Gasteiger partial charge in [0.1, 0.15) is 12.1 Å². The van der Waals surface area contributed by atoms with Gasteiger partial charge in [0.15, 0.2) is 11.6 Å². The zero-order valence-corrected chi connectivity index (χ0v) is 14.8. The molecule has 0 amide bonds. The van der Waals surface area contributed by atoms with Crippen LogP contribution in [0.1, 0.15) is 11.1 Å². The Hall–Kier alpha value is -2.63. The Kier molecular flexibility index (Phi) is 4.88. The summed E-state index contributed by atoms with van der Waals surface area (Å²) in [5.41, 5.74) is 0.0858. The Morgan fingerprint density at radius 2 is 2.20 bits per heavy atom. The molecule has 0 radical (unpaired) electrons. The number of hydrogen-bond acceptors (Lipinski definition) is 4. The molecule has 3 aromatic rings. The van der Waals surface area contributed by atoms with Crippen molar-refractivity contribution in [2.75, 3.05) is 0 Å². The van der Waals surface area contributed by atoms with E-state index >= 15 is 0 Å². The van der Waals surface area contributed by atoms with Gasteiger partial charge in [0.2, 0.25) is 0 Å². The van der Waals surface area contributed by atoms with Crippen LogP contribution in [0.15, 0.2) is 45.9 Å². The van der Waals surface area contributed by atoms with E-state index in [9.17, 15) is 9.18 Å². The van der Waals surface area contributed by atoms with Crippen molar-refractivity contribution in [1.82, 2.24) is 14.8 Å². The van der Waals surface area contributed by atoms with Crippen molar-refractivity contribution in [2.45, 2.75) is 6.54 Å². The zero-order chi connectivity index (χ0) is 18.0. The summed E-state index contributed by atoms with van der Waals surface area (Å²) in [4.78, 5) is 11.5. The molecule has 0 fully saturated rings. The molecule has 0 saturated carbocycles. The van der Waals surface area contributed by atoms with Crippen molar-refractivity contribution in [3.63, 3.8) is 0 Å². The molecule has 0 saturated heterocycles. The minimum atomic E-state index is -0.638. The van der Waals surface area contributed by atoms with Crippen molar-refractivity contribution in [3.8, 4) is 17.6 Å². The first kappa shape index (κ1) is 17.2. The van der Waals surface area contributed by atoms with Crippen LogP contribution in [0.3, 0.4) is 0 Å². The fourth-order valence-corrected chi connectivity index (χ4v) is 2.77. The standard InChI is InChI=1S/C16H9BrClFN4O2/c17-13-2-1-10(7-23-8-21-22-16(23)24)14(19)15(13)25-12-4-9(6-20)3-11(18)5-12/h1-5,8H,7H2,(H,22,24). The maximum Gasteiger partial charge on any atom is 0.343 e. The summed E-state index contributed by atoms with van der Waals surface area (Å²) in [5, 5.41) is 15.1. The molecule has 0 bridgehead atoms. The van der Waals surface area contributed by atoms with Crippen LogP contribution in [-0.4, -0.2) is 14.8 Å². The van der Waals surface area contributed by atoms with Gasteiger partial charge in [-0.05, 0) is 40.2 Å². The Balaban J connectivity index is 1.98. The van der Waals surface area contributed by atoms with E-state index in [4.69, 9.17) is 21.6 Å². The van der Waals surface area contributed by atoms with Crippen LogP contribution in [-0.2, 0) is 6.54 Å². The molecule has 1 aromatic heterocycles. The smallest absolute Gasteiger partial charge is 0.343 e. The fraction of sp³-hybridized carbons (Fsp3) is 0.0625. The highest BCUT2D eigenvalue weighted by molar-refractivity contribution is 9.10. The summed E-state index contributed by atoms with van der Waals surface area (Å²) in [6, 6.07) is 9.49. The summed E-state index contributed by atoms with van der Waals surface area (Å²) in [5.74, 6) is -0.484. The van der Waals surface area contributed by atoms with Gasteiger partial charge >= 0.3 is 5.69 Å². The normalized spacial score (nSPS) is 10.5. The Bertz CT molecular complexity index is 1040. The predicted octanol–water partition coefficient (Wildman–Crippen LogP) is 3.84. The number of hydrogen-bond donors (Lipinski definition) is 1. The van der Waals surface area contributed by atoms with Gasteiger partial charge in [0.05, 0.1) is 22.7 Å². The monoisotopic (exact) mass is 422 g/mol. The van der Waals surface area contributed by atoms with Crippen LogP contribution in [0.5, 0.6) is 11.5 Å². The first-order valence-electron chi connectivity index (χ1n) is 6.93. The summed E-state index contributed by atoms with van der Waals surface area (Å²) in [6.07, 6.45) is 1.28. The van der Waals surface area contributed by atoms with Crippen molar-refractivity contribution in [3.05, 3.63) is 73.6 Å². The highest BCUT2D eigenvalue weighted by Gasteiger charge is 2.16. The first-order valence-corrected chi connectivity index (χ1v) is 8.10. The largest absolute Gasteiger partial charge is 0.453 e. The number of benzene rings is 2. The summed E-state index contributed by atoms with van der Waals surface area (Å²) >= 11 is 9.17. The molecule has 9 heteroatoms. The van der Waals surface area contributed by atoms with Gasteiger partial charge in [-0.25, -0.2) is 14.3 Å². The summed E-state index contributed by atoms with van der Waals surface area (Å²) < 4.78 is 22.0. The maximum atomic E-state index is 14.8. The third-order valence-corrected chi connectivity index (χ3v) is 4.15. The third kappa shape index (κ3) is 3.73. The minimum Gasteiger partial charge on any atom is -0.453 e. The molecule has 0 spiro atoms. The molecule has 2 aromatic carbocycles. The zero-order valence-electron chi connectivity index (χ0n) is 12.5. The second-order valence-electron chi connectivity index (χ2n) is 5.03. The van der Waals surface area contributed by atoms with Crippen LogP contribution in [0.4, 0.5) is 4.39 Å². The van der Waals surface area contributed by atoms with Gasteiger partial charge in [-0.15, -0.1) is 0 Å². The number of nitrogens with zero attached hydrogens (tertiary/aromatic N) is 3. The Labute approximate surface area is 154 Å². The quantitative estimate of drug-likeness (QED) is 0.691. The molecule has 0 aliphatic carbocycles. The molecule has 0 aliphatic rings. The van der Waals surface area contributed by atoms with Crippen molar-refractivity contribution in [2.24, 2.45) is 0 Å². The second-order valence-corrected chi connectivity index (χ2v) is 6.32. The molecule has 1 heterocycles. The van der Waals surface area contributed by atoms with Crippen LogP contribution < -0.4 is 10.4 Å². The van der Waals surface area contributed by atoms with Gasteiger partial charge in [-0.2, -0.15) is 10.4 Å². The molecule has 126 valence electrons. The summed E-state index contributed by atoms with van der Waals surface area (Å²) in [6.45, 7) is -0.0101. The molecule has 6 nitrogen and oxygen atoms in total. The maximum absolute atomic E-state index is 14.8. The Morgan fingerprint density at radius 1 is 1.40 bits per heavy atom. The van der Waals surface area contributed by atoms with E-state index in [0.717, 1.165) is 0 Å². The lowest BCUT2D eigenvalue weighted by molar-refractivity contribution is 0.434. The van der Waals surface area contributed by atoms with Crippen LogP contribution in [0, 0.1) is 17.1 Å². The lowest BCUT2D eigenvalue weighted by atomic mass is 10.2. The highest BCUT2D eigenvalue weighted by atomic mass is 79.9. The van der Waals surface area contributed by atoms with Crippen LogP contribution >= 0.6 is 27.5 Å². The number of aromatic amines is 1. The molecular formula is C16H9BrClFN4O2. The minimum absolute atomic E-state index is 0.0101. The van der Waals surface area contributed by atoms with Gasteiger partial charge in [-0.3, -0.25) is 4.57 Å². The lowest BCUT2D eigenvalue weighted by Crippen LogP contribution is -2.17. The molecule has 3 rings (SSSR count). The fourth-order valence-electron chi connectivity index (χ4n) is 2.16. The molecule has 0 aliphatic heterocycles. The van der Waals surface area contributed by atoms with Crippen LogP contribution in [0.25, 0.3) is 0 Å². The van der Waals surface area contributed by atoms with Crippen LogP contribution in [0.2, 0.25) is 5.02 Å². The van der Waals surface area contributed by atoms with E-state index in [2.05, 4.69) is 26.1 Å². The first-order chi connectivity index (χ1) is 12.0. The van der Waals surface area contributed by atoms with E-state index in [1.165, 1.54) is 35.2 Å². The molecule has 25 heavy (non-hydrogen) atoms. The number of halogens is 3. The van der Waals surface area contributed by atoms with E-state index in [0.29, 0.717) is 15.1 Å². The molecular weight excluding hydrogens is 415 g/mol. The number of aromatic nitrogens is 3. The van der Waals surface area contributed by atoms with Crippen molar-refractivity contribution in [1.29, 1.82) is 5.26 Å². The Morgan fingerprint density at radius 3 is 2.88 bits per heavy atom. The number of nitriles is 1. The number of rotatable bonds is 4. The number of nitrogens with one attached hydrogen (secondary N) is 1. The van der Waals surface area contributed by atoms with Gasteiger partial charge in [0, 0.05) is 10.6 Å². The molecule has 0 unspecified atom stereocenters. The van der Waals surface area contributed by atoms with Gasteiger partial charge < -0.3 is 4.74 Å². The predicted molar refractivity (Wildman–Crippen MR) is 92.3 cm³/mol. The van der Waals surface area contributed by atoms with Crippen molar-refractivity contribution < 1.29 is 9.13 Å². The molecule has 1 N–H and O–H groups in total. The average molecular weight is 424 g/mol. The summed E-state index contributed by atoms with van der Waals surface area (Å²) in [7, 11) is 0. The molecule has 0 atom stereocenters. The number of H-pyrrole nitrogens is 1. The topological polar surface area (TPSA) is 83.7 Å². The lowest BCUT2D eigenvalue weighted by Gasteiger charge is -2.12. The van der Waals surface area contributed by atoms with E-state index in [1.807, 2.05) is 6.07 Å². The van der Waals surface area contributed by atoms with Gasteiger partial charge in [-0.1, -0.05) is 17.7 Å².